The summed E-state index contributed by atoms with van der Waals surface area (Å²) in [5.41, 5.74) is 4.80. The van der Waals surface area contributed by atoms with Gasteiger partial charge >= 0.3 is 0 Å². The van der Waals surface area contributed by atoms with Gasteiger partial charge in [-0.2, -0.15) is 5.10 Å². The first kappa shape index (κ1) is 21.2. The van der Waals surface area contributed by atoms with Crippen LogP contribution in [0.15, 0.2) is 46.7 Å². The van der Waals surface area contributed by atoms with E-state index in [0.717, 1.165) is 17.0 Å². The van der Waals surface area contributed by atoms with Crippen molar-refractivity contribution in [3.8, 4) is 17.1 Å². The summed E-state index contributed by atoms with van der Waals surface area (Å²) in [6.45, 7) is 2.02. The minimum absolute atomic E-state index is 0.0967. The number of hydrogen-bond acceptors (Lipinski definition) is 6. The third-order valence-corrected chi connectivity index (χ3v) is 5.45. The highest BCUT2D eigenvalue weighted by Gasteiger charge is 2.13. The van der Waals surface area contributed by atoms with Crippen LogP contribution in [0.25, 0.3) is 11.4 Å². The number of phenolic OH excluding ortho intramolecular Hbond substituents is 1. The molecule has 0 atom stereocenters. The number of carbonyl (C=O) groups is 1. The normalized spacial score (nSPS) is 11.2. The first-order valence-corrected chi connectivity index (χ1v) is 10.2. The van der Waals surface area contributed by atoms with E-state index in [1.165, 1.54) is 30.1 Å². The van der Waals surface area contributed by atoms with Crippen LogP contribution in [0.4, 0.5) is 0 Å². The van der Waals surface area contributed by atoms with Crippen LogP contribution in [-0.4, -0.2) is 37.7 Å². The van der Waals surface area contributed by atoms with Gasteiger partial charge in [-0.1, -0.05) is 64.8 Å². The predicted molar refractivity (Wildman–Crippen MR) is 116 cm³/mol. The molecule has 29 heavy (non-hydrogen) atoms. The van der Waals surface area contributed by atoms with Crippen LogP contribution in [0.5, 0.6) is 5.75 Å². The molecule has 7 nitrogen and oxygen atoms in total. The third kappa shape index (κ3) is 5.29. The number of amides is 1. The average molecular weight is 450 g/mol. The lowest BCUT2D eigenvalue weighted by molar-refractivity contribution is -0.118. The largest absolute Gasteiger partial charge is 0.506 e. The number of halogens is 2. The molecule has 0 aliphatic heterocycles. The van der Waals surface area contributed by atoms with E-state index in [9.17, 15) is 9.90 Å². The van der Waals surface area contributed by atoms with Gasteiger partial charge in [-0.05, 0) is 19.1 Å². The molecule has 0 radical (unpaired) electrons. The molecular formula is C19H17Cl2N5O2S. The van der Waals surface area contributed by atoms with Crippen LogP contribution in [0.1, 0.15) is 11.1 Å². The molecule has 0 bridgehead atoms. The molecule has 150 valence electrons. The molecule has 0 saturated carbocycles. The standard InChI is InChI=1S/C19H17Cl2N5O2S/c1-11-3-5-12(6-4-11)18-24-25-19(26(18)2)29-10-16(27)23-22-9-13-7-14(20)8-15(21)17(13)28/h3-9,28H,10H2,1-2H3,(H,23,27)/b22-9+. The average Bonchev–Trinajstić information content (AvgIpc) is 3.05. The molecule has 1 heterocycles. The maximum Gasteiger partial charge on any atom is 0.250 e. The Kier molecular flexibility index (Phi) is 6.79. The lowest BCUT2D eigenvalue weighted by atomic mass is 10.1. The Morgan fingerprint density at radius 2 is 2.00 bits per heavy atom. The minimum Gasteiger partial charge on any atom is -0.506 e. The zero-order valence-corrected chi connectivity index (χ0v) is 17.9. The molecule has 3 rings (SSSR count). The fraction of sp³-hybridized carbons (Fsp3) is 0.158. The van der Waals surface area contributed by atoms with E-state index in [4.69, 9.17) is 23.2 Å². The predicted octanol–water partition coefficient (Wildman–Crippen LogP) is 4.05. The maximum atomic E-state index is 12.0. The SMILES string of the molecule is Cc1ccc(-c2nnc(SCC(=O)N/N=C/c3cc(Cl)cc(Cl)c3O)n2C)cc1. The number of aromatic hydroxyl groups is 1. The van der Waals surface area contributed by atoms with Gasteiger partial charge in [-0.15, -0.1) is 10.2 Å². The number of nitrogens with zero attached hydrogens (tertiary/aromatic N) is 4. The van der Waals surface area contributed by atoms with E-state index in [1.807, 2.05) is 42.8 Å². The highest BCUT2D eigenvalue weighted by molar-refractivity contribution is 7.99. The summed E-state index contributed by atoms with van der Waals surface area (Å²) in [7, 11) is 1.85. The van der Waals surface area contributed by atoms with Gasteiger partial charge in [-0.25, -0.2) is 5.43 Å². The lowest BCUT2D eigenvalue weighted by Gasteiger charge is -2.04. The van der Waals surface area contributed by atoms with Gasteiger partial charge in [0.25, 0.3) is 5.91 Å². The molecule has 1 amide bonds. The summed E-state index contributed by atoms with van der Waals surface area (Å²) in [5.74, 6) is 0.323. The smallest absolute Gasteiger partial charge is 0.250 e. The summed E-state index contributed by atoms with van der Waals surface area (Å²) in [5, 5.41) is 23.1. The lowest BCUT2D eigenvalue weighted by Crippen LogP contribution is -2.19. The quantitative estimate of drug-likeness (QED) is 0.336. The van der Waals surface area contributed by atoms with Gasteiger partial charge in [0, 0.05) is 23.2 Å². The number of aryl methyl sites for hydroxylation is 1. The molecule has 0 fully saturated rings. The minimum atomic E-state index is -0.334. The molecule has 2 aromatic carbocycles. The molecule has 10 heteroatoms. The Hall–Kier alpha value is -2.55. The molecular weight excluding hydrogens is 433 g/mol. The zero-order valence-electron chi connectivity index (χ0n) is 15.6. The van der Waals surface area contributed by atoms with Crippen molar-refractivity contribution in [3.05, 3.63) is 57.6 Å². The summed E-state index contributed by atoms with van der Waals surface area (Å²) in [6, 6.07) is 10.9. The summed E-state index contributed by atoms with van der Waals surface area (Å²) in [4.78, 5) is 12.0. The number of nitrogens with one attached hydrogen (secondary N) is 1. The third-order valence-electron chi connectivity index (χ3n) is 3.93. The Labute approximate surface area is 181 Å². The van der Waals surface area contributed by atoms with Gasteiger partial charge in [-0.3, -0.25) is 4.79 Å². The Morgan fingerprint density at radius 1 is 1.28 bits per heavy atom. The van der Waals surface area contributed by atoms with Crippen molar-refractivity contribution in [3.63, 3.8) is 0 Å². The summed E-state index contributed by atoms with van der Waals surface area (Å²) in [6.07, 6.45) is 1.27. The van der Waals surface area contributed by atoms with Crippen molar-refractivity contribution in [1.82, 2.24) is 20.2 Å². The van der Waals surface area contributed by atoms with Gasteiger partial charge in [0.1, 0.15) is 5.75 Å². The first-order chi connectivity index (χ1) is 13.8. The fourth-order valence-corrected chi connectivity index (χ4v) is 3.63. The number of benzene rings is 2. The topological polar surface area (TPSA) is 92.4 Å². The number of phenols is 1. The maximum absolute atomic E-state index is 12.0. The molecule has 0 spiro atoms. The second-order valence-electron chi connectivity index (χ2n) is 6.14. The van der Waals surface area contributed by atoms with Crippen molar-refractivity contribution >= 4 is 47.1 Å². The second-order valence-corrected chi connectivity index (χ2v) is 7.92. The molecule has 0 saturated heterocycles. The molecule has 2 N–H and O–H groups in total. The number of carbonyl (C=O) groups excluding carboxylic acids is 1. The fourth-order valence-electron chi connectivity index (χ4n) is 2.42. The number of aromatic nitrogens is 3. The molecule has 0 aliphatic rings. The molecule has 3 aromatic rings. The monoisotopic (exact) mass is 449 g/mol. The summed E-state index contributed by atoms with van der Waals surface area (Å²) >= 11 is 13.0. The number of rotatable bonds is 6. The molecule has 0 aliphatic carbocycles. The number of hydrogen-bond donors (Lipinski definition) is 2. The summed E-state index contributed by atoms with van der Waals surface area (Å²) < 4.78 is 1.83. The second kappa shape index (κ2) is 9.30. The van der Waals surface area contributed by atoms with Gasteiger partial charge < -0.3 is 9.67 Å². The Morgan fingerprint density at radius 3 is 2.72 bits per heavy atom. The van der Waals surface area contributed by atoms with Crippen LogP contribution in [0.2, 0.25) is 10.0 Å². The van der Waals surface area contributed by atoms with Crippen molar-refractivity contribution in [2.75, 3.05) is 5.75 Å². The van der Waals surface area contributed by atoms with E-state index in [-0.39, 0.29) is 22.4 Å². The zero-order chi connectivity index (χ0) is 21.0. The van der Waals surface area contributed by atoms with Gasteiger partial charge in [0.2, 0.25) is 0 Å². The van der Waals surface area contributed by atoms with Crippen LogP contribution in [0, 0.1) is 6.92 Å². The van der Waals surface area contributed by atoms with Crippen molar-refractivity contribution in [2.45, 2.75) is 12.1 Å². The van der Waals surface area contributed by atoms with Crippen molar-refractivity contribution in [2.24, 2.45) is 12.1 Å². The van der Waals surface area contributed by atoms with Crippen LogP contribution in [-0.2, 0) is 11.8 Å². The number of hydrazone groups is 1. The van der Waals surface area contributed by atoms with E-state index in [1.54, 1.807) is 0 Å². The van der Waals surface area contributed by atoms with Crippen molar-refractivity contribution < 1.29 is 9.90 Å². The highest BCUT2D eigenvalue weighted by atomic mass is 35.5. The van der Waals surface area contributed by atoms with E-state index >= 15 is 0 Å². The molecule has 0 unspecified atom stereocenters. The van der Waals surface area contributed by atoms with Crippen molar-refractivity contribution in [1.29, 1.82) is 0 Å². The van der Waals surface area contributed by atoms with Crippen LogP contribution in [0.3, 0.4) is 0 Å². The van der Waals surface area contributed by atoms with Crippen LogP contribution < -0.4 is 5.43 Å². The Balaban J connectivity index is 1.58. The van der Waals surface area contributed by atoms with Gasteiger partial charge in [0.05, 0.1) is 17.0 Å². The first-order valence-electron chi connectivity index (χ1n) is 8.44. The van der Waals surface area contributed by atoms with Crippen LogP contribution >= 0.6 is 35.0 Å². The van der Waals surface area contributed by atoms with E-state index < -0.39 is 0 Å². The highest BCUT2D eigenvalue weighted by Crippen LogP contribution is 2.30. The van der Waals surface area contributed by atoms with Gasteiger partial charge in [0.15, 0.2) is 11.0 Å². The van der Waals surface area contributed by atoms with E-state index in [0.29, 0.717) is 15.7 Å². The van der Waals surface area contributed by atoms with E-state index in [2.05, 4.69) is 20.7 Å². The number of thioether (sulfide) groups is 1. The Bertz CT molecular complexity index is 1070. The molecule has 1 aromatic heterocycles.